The van der Waals surface area contributed by atoms with Crippen molar-refractivity contribution in [2.75, 3.05) is 18.6 Å². The highest BCUT2D eigenvalue weighted by Crippen LogP contribution is 2.38. The van der Waals surface area contributed by atoms with Gasteiger partial charge in [-0.25, -0.2) is 4.21 Å². The van der Waals surface area contributed by atoms with E-state index >= 15 is 0 Å². The van der Waals surface area contributed by atoms with Crippen molar-refractivity contribution in [2.45, 2.75) is 38.5 Å². The maximum Gasteiger partial charge on any atom is 0.211 e. The summed E-state index contributed by atoms with van der Waals surface area (Å²) >= 11 is 0. The summed E-state index contributed by atoms with van der Waals surface area (Å²) in [5.74, 6) is 0. The molecule has 3 rings (SSSR count). The van der Waals surface area contributed by atoms with Gasteiger partial charge in [0.1, 0.15) is 0 Å². The molecule has 1 atom stereocenters. The van der Waals surface area contributed by atoms with Gasteiger partial charge in [-0.2, -0.15) is 0 Å². The minimum atomic E-state index is -1.11. The molecule has 0 radical (unpaired) electrons. The van der Waals surface area contributed by atoms with Crippen LogP contribution < -0.4 is 16.2 Å². The lowest BCUT2D eigenvalue weighted by molar-refractivity contribution is -0.105. The number of nitrogens with one attached hydrogen (secondary N) is 1. The number of rotatable bonds is 2. The van der Waals surface area contributed by atoms with Crippen LogP contribution in [0.3, 0.4) is 0 Å². The summed E-state index contributed by atoms with van der Waals surface area (Å²) < 4.78 is 9.33. The van der Waals surface area contributed by atoms with E-state index in [0.29, 0.717) is 0 Å². The molecule has 6 heteroatoms. The molecule has 2 aliphatic carbocycles. The summed E-state index contributed by atoms with van der Waals surface area (Å²) in [6.07, 6.45) is 9.38. The minimum absolute atomic E-state index is 0.826. The molecule has 0 saturated carbocycles. The Morgan fingerprint density at radius 2 is 1.52 bits per heavy atom. The number of carbonyl (C=O) groups is 1. The van der Waals surface area contributed by atoms with Crippen LogP contribution in [0.2, 0.25) is 0 Å². The van der Waals surface area contributed by atoms with Crippen molar-refractivity contribution in [1.29, 1.82) is 0 Å². The van der Waals surface area contributed by atoms with Crippen LogP contribution >= 0.6 is 0 Å². The van der Waals surface area contributed by atoms with E-state index < -0.39 is 11.0 Å². The van der Waals surface area contributed by atoms with Crippen LogP contribution in [0.25, 0.3) is 0 Å². The average Bonchev–Trinajstić information content (AvgIpc) is 3.08. The molecule has 1 amide bonds. The maximum absolute atomic E-state index is 10.7. The third kappa shape index (κ3) is 4.62. The number of carbonyl (C=O) groups excluding carboxylic acids is 1. The summed E-state index contributed by atoms with van der Waals surface area (Å²) in [4.78, 5) is 10.7. The summed E-state index contributed by atoms with van der Waals surface area (Å²) in [7, 11) is 0.389. The fraction of sp³-hybridized carbons (Fsp3) is 0.533. The van der Waals surface area contributed by atoms with Gasteiger partial charge >= 0.3 is 0 Å². The van der Waals surface area contributed by atoms with Crippen molar-refractivity contribution in [3.63, 3.8) is 0 Å². The smallest absolute Gasteiger partial charge is 0.211 e. The molecule has 0 aliphatic heterocycles. The zero-order valence-electron chi connectivity index (χ0n) is 12.8. The molecule has 0 bridgehead atoms. The van der Waals surface area contributed by atoms with Gasteiger partial charge in [-0.05, 0) is 67.8 Å². The summed E-state index contributed by atoms with van der Waals surface area (Å²) in [6.45, 7) is 0. The Bertz CT molecular complexity index is 482. The van der Waals surface area contributed by atoms with Gasteiger partial charge < -0.3 is 11.1 Å². The third-order valence-corrected chi connectivity index (χ3v) is 3.68. The number of anilines is 1. The lowest BCUT2D eigenvalue weighted by Gasteiger charge is -2.13. The largest absolute Gasteiger partial charge is 0.333 e. The van der Waals surface area contributed by atoms with Crippen LogP contribution in [-0.2, 0) is 41.5 Å². The number of fused-ring (bicyclic) bond motifs is 2. The second-order valence-corrected chi connectivity index (χ2v) is 5.99. The van der Waals surface area contributed by atoms with Gasteiger partial charge in [-0.15, -0.1) is 0 Å². The van der Waals surface area contributed by atoms with E-state index in [9.17, 15) is 9.00 Å². The lowest BCUT2D eigenvalue weighted by Crippen LogP contribution is -2.03. The van der Waals surface area contributed by atoms with E-state index in [0.717, 1.165) is 24.9 Å². The van der Waals surface area contributed by atoms with Crippen LogP contribution in [0, 0.1) is 0 Å². The van der Waals surface area contributed by atoms with Gasteiger partial charge in [0, 0.05) is 11.9 Å². The van der Waals surface area contributed by atoms with Crippen molar-refractivity contribution >= 4 is 23.1 Å². The number of benzene rings is 1. The fourth-order valence-corrected chi connectivity index (χ4v) is 3.05. The van der Waals surface area contributed by atoms with Gasteiger partial charge in [0.05, 0.1) is 11.0 Å². The lowest BCUT2D eigenvalue weighted by atomic mass is 9.99. The molecule has 0 aromatic heterocycles. The second-order valence-electron chi connectivity index (χ2n) is 4.99. The summed E-state index contributed by atoms with van der Waals surface area (Å²) in [5, 5.41) is 7.51. The highest BCUT2D eigenvalue weighted by Gasteiger charge is 2.23. The number of hydrogen-bond donors (Lipinski definition) is 3. The molecule has 21 heavy (non-hydrogen) atoms. The number of aryl methyl sites for hydroxylation is 2. The standard InChI is InChI=1S/C13H15NO.CH5NOS.CH5N/c15-8-14-13-11-5-1-3-9(11)7-10-4-2-6-12(10)13;1-4(2)3;1-2/h7-8H,1-6H2,(H,14,15);2H2,1H3;2H2,1H3. The molecular weight excluding hydrogens is 286 g/mol. The first kappa shape index (κ1) is 17.8. The Morgan fingerprint density at radius 1 is 1.10 bits per heavy atom. The van der Waals surface area contributed by atoms with E-state index in [1.54, 1.807) is 0 Å². The van der Waals surface area contributed by atoms with Gasteiger partial charge in [0.2, 0.25) is 6.41 Å². The van der Waals surface area contributed by atoms with Gasteiger partial charge in [-0.3, -0.25) is 9.93 Å². The monoisotopic (exact) mass is 311 g/mol. The Kier molecular flexibility index (Phi) is 7.56. The van der Waals surface area contributed by atoms with E-state index in [2.05, 4.69) is 22.3 Å². The highest BCUT2D eigenvalue weighted by molar-refractivity contribution is 7.81. The van der Waals surface area contributed by atoms with Crippen LogP contribution in [0.5, 0.6) is 0 Å². The first-order valence-electron chi connectivity index (χ1n) is 7.15. The first-order chi connectivity index (χ1) is 10.1. The van der Waals surface area contributed by atoms with E-state index in [1.165, 1.54) is 61.2 Å². The molecule has 0 heterocycles. The predicted octanol–water partition coefficient (Wildman–Crippen LogP) is 1.05. The molecule has 1 unspecified atom stereocenters. The predicted molar refractivity (Wildman–Crippen MR) is 88.5 cm³/mol. The molecule has 5 nitrogen and oxygen atoms in total. The molecule has 0 spiro atoms. The van der Waals surface area contributed by atoms with Crippen molar-refractivity contribution in [1.82, 2.24) is 0 Å². The Morgan fingerprint density at radius 3 is 1.90 bits per heavy atom. The Hall–Kier alpha value is -1.24. The normalized spacial score (nSPS) is 15.6. The maximum atomic E-state index is 10.7. The van der Waals surface area contributed by atoms with Gasteiger partial charge in [0.15, 0.2) is 0 Å². The summed E-state index contributed by atoms with van der Waals surface area (Å²) in [5.41, 5.74) is 11.4. The van der Waals surface area contributed by atoms with Crippen LogP contribution in [0.4, 0.5) is 5.69 Å². The van der Waals surface area contributed by atoms with E-state index in [1.807, 2.05) is 0 Å². The zero-order valence-corrected chi connectivity index (χ0v) is 13.6. The molecule has 0 saturated heterocycles. The molecular formula is C15H25N3O2S. The van der Waals surface area contributed by atoms with Crippen molar-refractivity contribution in [2.24, 2.45) is 10.9 Å². The van der Waals surface area contributed by atoms with Crippen molar-refractivity contribution in [3.8, 4) is 0 Å². The van der Waals surface area contributed by atoms with Crippen LogP contribution in [0.1, 0.15) is 35.1 Å². The van der Waals surface area contributed by atoms with Crippen LogP contribution in [-0.4, -0.2) is 23.9 Å². The zero-order chi connectivity index (χ0) is 15.8. The first-order valence-corrected chi connectivity index (χ1v) is 8.78. The number of nitrogens with two attached hydrogens (primary N) is 2. The minimum Gasteiger partial charge on any atom is -0.333 e. The molecule has 1 aromatic rings. The Labute approximate surface area is 129 Å². The van der Waals surface area contributed by atoms with Crippen molar-refractivity contribution < 1.29 is 9.00 Å². The fourth-order valence-electron chi connectivity index (χ4n) is 3.05. The molecule has 5 N–H and O–H groups in total. The molecule has 2 aliphatic rings. The molecule has 1 aromatic carbocycles. The quantitative estimate of drug-likeness (QED) is 0.712. The SMILES string of the molecule is CN.CS(N)=O.O=CNc1c2c(cc3c1CCC3)CCC2. The van der Waals surface area contributed by atoms with E-state index in [-0.39, 0.29) is 0 Å². The number of amides is 1. The second kappa shape index (κ2) is 8.92. The highest BCUT2D eigenvalue weighted by atomic mass is 32.2. The van der Waals surface area contributed by atoms with Gasteiger partial charge in [-0.1, -0.05) is 6.07 Å². The topological polar surface area (TPSA) is 98.2 Å². The average molecular weight is 311 g/mol. The van der Waals surface area contributed by atoms with Gasteiger partial charge in [0.25, 0.3) is 0 Å². The summed E-state index contributed by atoms with van der Waals surface area (Å²) in [6, 6.07) is 2.38. The number of hydrogen-bond acceptors (Lipinski definition) is 3. The van der Waals surface area contributed by atoms with Crippen LogP contribution in [0.15, 0.2) is 6.07 Å². The molecule has 0 fully saturated rings. The third-order valence-electron chi connectivity index (χ3n) is 3.68. The van der Waals surface area contributed by atoms with E-state index in [4.69, 9.17) is 0 Å². The van der Waals surface area contributed by atoms with Crippen molar-refractivity contribution in [3.05, 3.63) is 28.3 Å². The molecule has 118 valence electrons. The Balaban J connectivity index is 0.000000322.